The molecule has 0 unspecified atom stereocenters. The van der Waals surface area contributed by atoms with Gasteiger partial charge in [-0.2, -0.15) is 0 Å². The Morgan fingerprint density at radius 2 is 1.93 bits per heavy atom. The molecule has 0 spiro atoms. The number of hydrogen-bond donors (Lipinski definition) is 2. The summed E-state index contributed by atoms with van der Waals surface area (Å²) in [6.45, 7) is 6.56. The molecule has 0 aliphatic rings. The third-order valence-corrected chi connectivity index (χ3v) is 5.45. The number of hydrogen-bond acceptors (Lipinski definition) is 4. The molecule has 0 fully saturated rings. The van der Waals surface area contributed by atoms with Gasteiger partial charge in [-0.3, -0.25) is 9.89 Å². The minimum absolute atomic E-state index is 0.0807. The Labute approximate surface area is 176 Å². The van der Waals surface area contributed by atoms with Gasteiger partial charge in [-0.05, 0) is 51.8 Å². The molecule has 3 rings (SSSR count). The smallest absolute Gasteiger partial charge is 0.234 e. The number of rotatable bonds is 5. The molecule has 0 saturated carbocycles. The highest BCUT2D eigenvalue weighted by molar-refractivity contribution is 14.1. The van der Waals surface area contributed by atoms with Crippen LogP contribution in [0.3, 0.4) is 0 Å². The number of carbonyl (C=O) groups excluding carboxylic acids is 1. The van der Waals surface area contributed by atoms with E-state index in [1.807, 2.05) is 36.4 Å². The lowest BCUT2D eigenvalue weighted by molar-refractivity contribution is -0.113. The average Bonchev–Trinajstić information content (AvgIpc) is 3.08. The molecule has 0 saturated heterocycles. The van der Waals surface area contributed by atoms with Crippen molar-refractivity contribution in [3.8, 4) is 11.4 Å². The number of H-pyrrole nitrogens is 1. The Hall–Kier alpha value is -1.87. The summed E-state index contributed by atoms with van der Waals surface area (Å²) in [7, 11) is 0. The van der Waals surface area contributed by atoms with Gasteiger partial charge in [0.1, 0.15) is 0 Å². The van der Waals surface area contributed by atoms with Gasteiger partial charge in [0, 0.05) is 14.8 Å². The second-order valence-corrected chi connectivity index (χ2v) is 9.33. The molecule has 0 atom stereocenters. The van der Waals surface area contributed by atoms with Gasteiger partial charge in [0.2, 0.25) is 11.1 Å². The Morgan fingerprint density at radius 3 is 2.59 bits per heavy atom. The first-order valence-electron chi connectivity index (χ1n) is 8.53. The van der Waals surface area contributed by atoms with Crippen molar-refractivity contribution in [2.45, 2.75) is 31.3 Å². The van der Waals surface area contributed by atoms with Crippen LogP contribution in [-0.2, 0) is 10.2 Å². The summed E-state index contributed by atoms with van der Waals surface area (Å²) in [4.78, 5) is 16.6. The van der Waals surface area contributed by atoms with Gasteiger partial charge in [0.05, 0.1) is 5.75 Å². The topological polar surface area (TPSA) is 70.7 Å². The molecule has 7 heteroatoms. The van der Waals surface area contributed by atoms with Crippen molar-refractivity contribution in [1.82, 2.24) is 15.2 Å². The van der Waals surface area contributed by atoms with Crippen LogP contribution in [0, 0.1) is 3.57 Å². The van der Waals surface area contributed by atoms with E-state index in [-0.39, 0.29) is 17.1 Å². The summed E-state index contributed by atoms with van der Waals surface area (Å²) in [5.41, 5.74) is 3.16. The van der Waals surface area contributed by atoms with E-state index < -0.39 is 0 Å². The standard InChI is InChI=1S/C20H21IN4OS/c1-20(2,3)14-9-7-13(8-10-14)18-23-19(25-24-18)27-12-17(26)22-16-6-4-5-15(21)11-16/h4-11H,12H2,1-3H3,(H,22,26)(H,23,24,25). The Balaban J connectivity index is 1.58. The fraction of sp³-hybridized carbons (Fsp3) is 0.250. The van der Waals surface area contributed by atoms with Crippen LogP contribution >= 0.6 is 34.4 Å². The molecular weight excluding hydrogens is 471 g/mol. The zero-order valence-electron chi connectivity index (χ0n) is 15.4. The first-order chi connectivity index (χ1) is 12.8. The largest absolute Gasteiger partial charge is 0.325 e. The van der Waals surface area contributed by atoms with Gasteiger partial charge in [0.25, 0.3) is 0 Å². The van der Waals surface area contributed by atoms with Crippen molar-refractivity contribution >= 4 is 45.9 Å². The number of nitrogens with zero attached hydrogens (tertiary/aromatic N) is 2. The van der Waals surface area contributed by atoms with Crippen LogP contribution in [0.4, 0.5) is 5.69 Å². The molecule has 2 aromatic carbocycles. The summed E-state index contributed by atoms with van der Waals surface area (Å²) >= 11 is 3.52. The quantitative estimate of drug-likeness (QED) is 0.384. The number of thioether (sulfide) groups is 1. The molecule has 0 radical (unpaired) electrons. The van der Waals surface area contributed by atoms with Crippen LogP contribution in [0.2, 0.25) is 0 Å². The summed E-state index contributed by atoms with van der Waals surface area (Å²) in [5.74, 6) is 0.880. The van der Waals surface area contributed by atoms with E-state index in [0.29, 0.717) is 11.0 Å². The number of anilines is 1. The summed E-state index contributed by atoms with van der Waals surface area (Å²) in [5, 5.41) is 10.6. The molecule has 3 aromatic rings. The number of amides is 1. The van der Waals surface area contributed by atoms with E-state index in [9.17, 15) is 4.79 Å². The highest BCUT2D eigenvalue weighted by atomic mass is 127. The van der Waals surface area contributed by atoms with Gasteiger partial charge in [-0.15, -0.1) is 5.10 Å². The van der Waals surface area contributed by atoms with Crippen LogP contribution in [0.1, 0.15) is 26.3 Å². The maximum absolute atomic E-state index is 12.1. The molecule has 0 aliphatic heterocycles. The third kappa shape index (κ3) is 5.55. The van der Waals surface area contributed by atoms with Crippen molar-refractivity contribution in [3.05, 3.63) is 57.7 Å². The molecular formula is C20H21IN4OS. The molecule has 1 amide bonds. The fourth-order valence-corrected chi connectivity index (χ4v) is 3.60. The molecule has 27 heavy (non-hydrogen) atoms. The molecule has 1 heterocycles. The summed E-state index contributed by atoms with van der Waals surface area (Å²) in [6.07, 6.45) is 0. The SMILES string of the molecule is CC(C)(C)c1ccc(-c2nc(SCC(=O)Nc3cccc(I)c3)n[nH]2)cc1. The van der Waals surface area contributed by atoms with Crippen molar-refractivity contribution in [2.24, 2.45) is 0 Å². The van der Waals surface area contributed by atoms with E-state index in [4.69, 9.17) is 0 Å². The predicted molar refractivity (Wildman–Crippen MR) is 119 cm³/mol. The highest BCUT2D eigenvalue weighted by Crippen LogP contribution is 2.25. The van der Waals surface area contributed by atoms with Crippen molar-refractivity contribution in [2.75, 3.05) is 11.1 Å². The second-order valence-electron chi connectivity index (χ2n) is 7.14. The zero-order valence-corrected chi connectivity index (χ0v) is 18.4. The van der Waals surface area contributed by atoms with Crippen LogP contribution in [0.15, 0.2) is 53.7 Å². The molecule has 0 bridgehead atoms. The van der Waals surface area contributed by atoms with E-state index >= 15 is 0 Å². The number of aromatic amines is 1. The Morgan fingerprint density at radius 1 is 1.19 bits per heavy atom. The number of benzene rings is 2. The van der Waals surface area contributed by atoms with Crippen LogP contribution in [0.25, 0.3) is 11.4 Å². The highest BCUT2D eigenvalue weighted by Gasteiger charge is 2.14. The lowest BCUT2D eigenvalue weighted by atomic mass is 9.87. The average molecular weight is 492 g/mol. The van der Waals surface area contributed by atoms with Crippen LogP contribution in [0.5, 0.6) is 0 Å². The van der Waals surface area contributed by atoms with Gasteiger partial charge < -0.3 is 5.32 Å². The monoisotopic (exact) mass is 492 g/mol. The van der Waals surface area contributed by atoms with Crippen molar-refractivity contribution in [3.63, 3.8) is 0 Å². The summed E-state index contributed by atoms with van der Waals surface area (Å²) < 4.78 is 1.08. The lowest BCUT2D eigenvalue weighted by Crippen LogP contribution is -2.14. The van der Waals surface area contributed by atoms with Crippen molar-refractivity contribution in [1.29, 1.82) is 0 Å². The van der Waals surface area contributed by atoms with E-state index in [0.717, 1.165) is 14.8 Å². The molecule has 0 aliphatic carbocycles. The van der Waals surface area contributed by atoms with Crippen LogP contribution in [-0.4, -0.2) is 26.8 Å². The first-order valence-corrected chi connectivity index (χ1v) is 10.6. The minimum atomic E-state index is -0.0807. The molecule has 1 aromatic heterocycles. The van der Waals surface area contributed by atoms with Gasteiger partial charge in [0.15, 0.2) is 5.82 Å². The fourth-order valence-electron chi connectivity index (χ4n) is 2.46. The van der Waals surface area contributed by atoms with Gasteiger partial charge in [-0.25, -0.2) is 4.98 Å². The lowest BCUT2D eigenvalue weighted by Gasteiger charge is -2.18. The predicted octanol–water partition coefficient (Wildman–Crippen LogP) is 5.10. The maximum Gasteiger partial charge on any atom is 0.234 e. The summed E-state index contributed by atoms with van der Waals surface area (Å²) in [6, 6.07) is 16.0. The Kier molecular flexibility index (Phi) is 6.21. The van der Waals surface area contributed by atoms with Gasteiger partial charge in [-0.1, -0.05) is 62.9 Å². The minimum Gasteiger partial charge on any atom is -0.325 e. The van der Waals surface area contributed by atoms with E-state index in [1.165, 1.54) is 17.3 Å². The molecule has 140 valence electrons. The van der Waals surface area contributed by atoms with Crippen LogP contribution < -0.4 is 5.32 Å². The first kappa shape index (κ1) is 19.9. The number of halogens is 1. The maximum atomic E-state index is 12.1. The van der Waals surface area contributed by atoms with Crippen molar-refractivity contribution < 1.29 is 4.79 Å². The molecule has 5 nitrogen and oxygen atoms in total. The van der Waals surface area contributed by atoms with E-state index in [1.54, 1.807) is 0 Å². The Bertz CT molecular complexity index is 932. The third-order valence-electron chi connectivity index (χ3n) is 3.93. The zero-order chi connectivity index (χ0) is 19.4. The molecule has 2 N–H and O–H groups in total. The number of aromatic nitrogens is 3. The number of carbonyl (C=O) groups is 1. The van der Waals surface area contributed by atoms with E-state index in [2.05, 4.69) is 76.0 Å². The normalized spacial score (nSPS) is 11.4. The second kappa shape index (κ2) is 8.43. The van der Waals surface area contributed by atoms with Gasteiger partial charge >= 0.3 is 0 Å². The number of nitrogens with one attached hydrogen (secondary N) is 2.